The molecule has 3 nitrogen and oxygen atoms in total. The minimum atomic E-state index is -0.552. The fraction of sp³-hybridized carbons (Fsp3) is 0.0625. The average Bonchev–Trinajstić information content (AvgIpc) is 2.46. The summed E-state index contributed by atoms with van der Waals surface area (Å²) in [6.07, 6.45) is 1.63. The van der Waals surface area contributed by atoms with E-state index in [1.807, 2.05) is 0 Å². The van der Waals surface area contributed by atoms with Gasteiger partial charge in [0.25, 0.3) is 5.91 Å². The van der Waals surface area contributed by atoms with Crippen LogP contribution in [0.2, 0.25) is 0 Å². The summed E-state index contributed by atoms with van der Waals surface area (Å²) in [4.78, 5) is 12.0. The number of carbonyl (C=O) groups excluding carboxylic acids is 1. The molecule has 2 aromatic carbocycles. The number of halogens is 1. The zero-order valence-electron chi connectivity index (χ0n) is 10.8. The maximum Gasteiger partial charge on any atom is 0.258 e. The summed E-state index contributed by atoms with van der Waals surface area (Å²) in [5.74, 6) is -0.440. The first-order valence-electron chi connectivity index (χ1n) is 6.10. The second-order valence-corrected chi connectivity index (χ2v) is 4.06. The molecular formula is C16H14FNO2. The van der Waals surface area contributed by atoms with E-state index in [0.717, 1.165) is 0 Å². The summed E-state index contributed by atoms with van der Waals surface area (Å²) >= 11 is 0. The van der Waals surface area contributed by atoms with Gasteiger partial charge in [-0.1, -0.05) is 30.9 Å². The van der Waals surface area contributed by atoms with Crippen LogP contribution in [0, 0.1) is 5.82 Å². The summed E-state index contributed by atoms with van der Waals surface area (Å²) in [5.41, 5.74) is 0.546. The third-order valence-electron chi connectivity index (χ3n) is 2.58. The molecule has 2 aromatic rings. The summed E-state index contributed by atoms with van der Waals surface area (Å²) in [7, 11) is 0. The van der Waals surface area contributed by atoms with E-state index in [1.54, 1.807) is 36.4 Å². The van der Waals surface area contributed by atoms with Crippen LogP contribution in [0.5, 0.6) is 5.75 Å². The van der Waals surface area contributed by atoms with Crippen LogP contribution < -0.4 is 10.1 Å². The Morgan fingerprint density at radius 3 is 2.80 bits per heavy atom. The molecule has 2 rings (SSSR count). The van der Waals surface area contributed by atoms with Crippen LogP contribution in [0.25, 0.3) is 0 Å². The van der Waals surface area contributed by atoms with Crippen molar-refractivity contribution in [2.75, 3.05) is 11.9 Å². The van der Waals surface area contributed by atoms with Crippen LogP contribution >= 0.6 is 0 Å². The van der Waals surface area contributed by atoms with Crippen molar-refractivity contribution in [3.63, 3.8) is 0 Å². The SMILES string of the molecule is C=CCOc1cccc(NC(=O)c2ccccc2F)c1. The number of nitrogens with one attached hydrogen (secondary N) is 1. The van der Waals surface area contributed by atoms with Gasteiger partial charge in [-0.3, -0.25) is 4.79 Å². The Morgan fingerprint density at radius 1 is 1.25 bits per heavy atom. The highest BCUT2D eigenvalue weighted by Crippen LogP contribution is 2.18. The van der Waals surface area contributed by atoms with E-state index in [4.69, 9.17) is 4.74 Å². The number of carbonyl (C=O) groups is 1. The summed E-state index contributed by atoms with van der Waals surface area (Å²) in [6.45, 7) is 3.94. The molecule has 0 aliphatic rings. The standard InChI is InChI=1S/C16H14FNO2/c1-2-10-20-13-7-5-6-12(11-13)18-16(19)14-8-3-4-9-15(14)17/h2-9,11H,1,10H2,(H,18,19). The van der Waals surface area contributed by atoms with E-state index in [0.29, 0.717) is 18.0 Å². The lowest BCUT2D eigenvalue weighted by Crippen LogP contribution is -2.13. The molecule has 0 saturated carbocycles. The zero-order valence-corrected chi connectivity index (χ0v) is 10.8. The second kappa shape index (κ2) is 6.52. The van der Waals surface area contributed by atoms with Crippen LogP contribution in [0.15, 0.2) is 61.2 Å². The average molecular weight is 271 g/mol. The van der Waals surface area contributed by atoms with Gasteiger partial charge in [0.05, 0.1) is 5.56 Å². The monoisotopic (exact) mass is 271 g/mol. The molecule has 20 heavy (non-hydrogen) atoms. The fourth-order valence-corrected chi connectivity index (χ4v) is 1.66. The van der Waals surface area contributed by atoms with E-state index in [1.165, 1.54) is 18.2 Å². The largest absolute Gasteiger partial charge is 0.489 e. The number of amides is 1. The quantitative estimate of drug-likeness (QED) is 0.843. The van der Waals surface area contributed by atoms with Crippen LogP contribution in [0.1, 0.15) is 10.4 Å². The Hall–Kier alpha value is -2.62. The van der Waals surface area contributed by atoms with Gasteiger partial charge in [-0.25, -0.2) is 4.39 Å². The first-order chi connectivity index (χ1) is 9.70. The molecular weight excluding hydrogens is 257 g/mol. The van der Waals surface area contributed by atoms with E-state index in [-0.39, 0.29) is 5.56 Å². The first-order valence-corrected chi connectivity index (χ1v) is 6.10. The van der Waals surface area contributed by atoms with Crippen molar-refractivity contribution in [2.24, 2.45) is 0 Å². The first kappa shape index (κ1) is 13.8. The normalized spacial score (nSPS) is 9.85. The van der Waals surface area contributed by atoms with Crippen LogP contribution in [-0.4, -0.2) is 12.5 Å². The number of benzene rings is 2. The highest BCUT2D eigenvalue weighted by atomic mass is 19.1. The predicted octanol–water partition coefficient (Wildman–Crippen LogP) is 3.64. The molecule has 1 N–H and O–H groups in total. The van der Waals surface area contributed by atoms with E-state index in [9.17, 15) is 9.18 Å². The molecule has 0 atom stereocenters. The van der Waals surface area contributed by atoms with Gasteiger partial charge in [0.15, 0.2) is 0 Å². The minimum Gasteiger partial charge on any atom is -0.489 e. The van der Waals surface area contributed by atoms with E-state index in [2.05, 4.69) is 11.9 Å². The minimum absolute atomic E-state index is 0.00455. The van der Waals surface area contributed by atoms with Gasteiger partial charge < -0.3 is 10.1 Å². The number of hydrogen-bond acceptors (Lipinski definition) is 2. The molecule has 0 heterocycles. The van der Waals surface area contributed by atoms with E-state index < -0.39 is 11.7 Å². The van der Waals surface area contributed by atoms with Gasteiger partial charge >= 0.3 is 0 Å². The zero-order chi connectivity index (χ0) is 14.4. The number of ether oxygens (including phenoxy) is 1. The molecule has 1 amide bonds. The van der Waals surface area contributed by atoms with E-state index >= 15 is 0 Å². The molecule has 0 spiro atoms. The van der Waals surface area contributed by atoms with Crippen molar-refractivity contribution in [3.05, 3.63) is 72.6 Å². The Kier molecular flexibility index (Phi) is 4.50. The highest BCUT2D eigenvalue weighted by Gasteiger charge is 2.11. The lowest BCUT2D eigenvalue weighted by atomic mass is 10.2. The molecule has 0 unspecified atom stereocenters. The van der Waals surface area contributed by atoms with Gasteiger partial charge in [0, 0.05) is 11.8 Å². The van der Waals surface area contributed by atoms with Crippen molar-refractivity contribution in [1.29, 1.82) is 0 Å². The Balaban J connectivity index is 2.12. The Morgan fingerprint density at radius 2 is 2.05 bits per heavy atom. The third kappa shape index (κ3) is 3.45. The van der Waals surface area contributed by atoms with Gasteiger partial charge in [0.1, 0.15) is 18.2 Å². The maximum atomic E-state index is 13.5. The van der Waals surface area contributed by atoms with Crippen LogP contribution in [0.4, 0.5) is 10.1 Å². The molecule has 0 bridgehead atoms. The van der Waals surface area contributed by atoms with Gasteiger partial charge in [0.2, 0.25) is 0 Å². The summed E-state index contributed by atoms with van der Waals surface area (Å²) < 4.78 is 18.9. The molecule has 0 radical (unpaired) electrons. The summed E-state index contributed by atoms with van der Waals surface area (Å²) in [5, 5.41) is 2.63. The Bertz CT molecular complexity index is 625. The van der Waals surface area contributed by atoms with Gasteiger partial charge in [-0.2, -0.15) is 0 Å². The molecule has 102 valence electrons. The lowest BCUT2D eigenvalue weighted by Gasteiger charge is -2.08. The molecule has 0 fully saturated rings. The fourth-order valence-electron chi connectivity index (χ4n) is 1.66. The van der Waals surface area contributed by atoms with Crippen LogP contribution in [-0.2, 0) is 0 Å². The molecule has 4 heteroatoms. The van der Waals surface area contributed by atoms with Crippen molar-refractivity contribution in [1.82, 2.24) is 0 Å². The second-order valence-electron chi connectivity index (χ2n) is 4.06. The number of anilines is 1. The molecule has 0 aromatic heterocycles. The van der Waals surface area contributed by atoms with Gasteiger partial charge in [-0.05, 0) is 24.3 Å². The van der Waals surface area contributed by atoms with Gasteiger partial charge in [-0.15, -0.1) is 0 Å². The Labute approximate surface area is 116 Å². The van der Waals surface area contributed by atoms with Crippen molar-refractivity contribution < 1.29 is 13.9 Å². The number of rotatable bonds is 5. The van der Waals surface area contributed by atoms with Crippen molar-refractivity contribution >= 4 is 11.6 Å². The molecule has 0 saturated heterocycles. The predicted molar refractivity (Wildman–Crippen MR) is 76.5 cm³/mol. The van der Waals surface area contributed by atoms with Crippen molar-refractivity contribution in [3.8, 4) is 5.75 Å². The highest BCUT2D eigenvalue weighted by molar-refractivity contribution is 6.04. The topological polar surface area (TPSA) is 38.3 Å². The maximum absolute atomic E-state index is 13.5. The summed E-state index contributed by atoms with van der Waals surface area (Å²) in [6, 6.07) is 12.7. The third-order valence-corrected chi connectivity index (χ3v) is 2.58. The van der Waals surface area contributed by atoms with Crippen LogP contribution in [0.3, 0.4) is 0 Å². The molecule has 0 aliphatic heterocycles. The van der Waals surface area contributed by atoms with Crippen molar-refractivity contribution in [2.45, 2.75) is 0 Å². The lowest BCUT2D eigenvalue weighted by molar-refractivity contribution is 0.102. The number of hydrogen-bond donors (Lipinski definition) is 1. The smallest absolute Gasteiger partial charge is 0.258 e. The molecule has 0 aliphatic carbocycles.